The molecule has 0 aliphatic heterocycles. The Morgan fingerprint density at radius 3 is 2.71 bits per heavy atom. The van der Waals surface area contributed by atoms with Crippen LogP contribution in [0, 0.1) is 5.82 Å². The lowest BCUT2D eigenvalue weighted by Gasteiger charge is -2.20. The molecule has 0 spiro atoms. The first-order valence-corrected chi connectivity index (χ1v) is 7.16. The van der Waals surface area contributed by atoms with Crippen molar-refractivity contribution in [3.8, 4) is 5.75 Å². The summed E-state index contributed by atoms with van der Waals surface area (Å²) >= 11 is 5.82. The van der Waals surface area contributed by atoms with Crippen molar-refractivity contribution in [1.82, 2.24) is 5.43 Å². The topological polar surface area (TPSA) is 47.3 Å². The Morgan fingerprint density at radius 2 is 2.00 bits per heavy atom. The van der Waals surface area contributed by atoms with Crippen LogP contribution in [0.1, 0.15) is 24.1 Å². The van der Waals surface area contributed by atoms with Crippen molar-refractivity contribution in [2.75, 3.05) is 6.61 Å². The number of halogens is 2. The van der Waals surface area contributed by atoms with E-state index < -0.39 is 5.82 Å². The molecule has 0 amide bonds. The van der Waals surface area contributed by atoms with Crippen molar-refractivity contribution in [2.45, 2.75) is 19.4 Å². The molecule has 21 heavy (non-hydrogen) atoms. The van der Waals surface area contributed by atoms with Crippen molar-refractivity contribution < 1.29 is 9.13 Å². The van der Waals surface area contributed by atoms with Crippen LogP contribution >= 0.6 is 11.6 Å². The third kappa shape index (κ3) is 3.73. The minimum Gasteiger partial charge on any atom is -0.494 e. The van der Waals surface area contributed by atoms with Gasteiger partial charge in [0.15, 0.2) is 0 Å². The SMILES string of the molecule is CCOc1ccccc1C(Cc1cccc(Cl)c1F)NN. The van der Waals surface area contributed by atoms with E-state index in [4.69, 9.17) is 22.2 Å². The number of ether oxygens (including phenoxy) is 1. The monoisotopic (exact) mass is 308 g/mol. The van der Waals surface area contributed by atoms with Crippen LogP contribution in [0.25, 0.3) is 0 Å². The fourth-order valence-electron chi connectivity index (χ4n) is 2.24. The van der Waals surface area contributed by atoms with Crippen LogP contribution in [0.4, 0.5) is 4.39 Å². The minimum absolute atomic E-state index is 0.112. The highest BCUT2D eigenvalue weighted by molar-refractivity contribution is 6.30. The van der Waals surface area contributed by atoms with Crippen LogP contribution in [0.15, 0.2) is 42.5 Å². The van der Waals surface area contributed by atoms with Gasteiger partial charge in [0.05, 0.1) is 17.7 Å². The van der Waals surface area contributed by atoms with Gasteiger partial charge in [-0.1, -0.05) is 41.9 Å². The van der Waals surface area contributed by atoms with E-state index in [1.54, 1.807) is 12.1 Å². The van der Waals surface area contributed by atoms with E-state index in [9.17, 15) is 4.39 Å². The maximum Gasteiger partial charge on any atom is 0.145 e. The van der Waals surface area contributed by atoms with Crippen molar-refractivity contribution in [1.29, 1.82) is 0 Å². The fraction of sp³-hybridized carbons (Fsp3) is 0.250. The maximum absolute atomic E-state index is 14.0. The van der Waals surface area contributed by atoms with Gasteiger partial charge in [-0.25, -0.2) is 4.39 Å². The number of benzene rings is 2. The summed E-state index contributed by atoms with van der Waals surface area (Å²) in [5.41, 5.74) is 4.12. The Bertz CT molecular complexity index is 607. The minimum atomic E-state index is -0.409. The maximum atomic E-state index is 14.0. The Kier molecular flexibility index (Phi) is 5.56. The van der Waals surface area contributed by atoms with Gasteiger partial charge in [0, 0.05) is 5.56 Å². The molecule has 0 fully saturated rings. The van der Waals surface area contributed by atoms with Gasteiger partial charge in [0.1, 0.15) is 11.6 Å². The Balaban J connectivity index is 2.30. The first kappa shape index (κ1) is 15.8. The van der Waals surface area contributed by atoms with E-state index in [1.807, 2.05) is 31.2 Å². The molecule has 1 unspecified atom stereocenters. The van der Waals surface area contributed by atoms with Crippen molar-refractivity contribution in [3.05, 3.63) is 64.4 Å². The van der Waals surface area contributed by atoms with Gasteiger partial charge in [-0.3, -0.25) is 11.3 Å². The first-order chi connectivity index (χ1) is 10.2. The summed E-state index contributed by atoms with van der Waals surface area (Å²) in [6.45, 7) is 2.47. The summed E-state index contributed by atoms with van der Waals surface area (Å²) in [6.07, 6.45) is 0.382. The van der Waals surface area contributed by atoms with E-state index in [1.165, 1.54) is 6.07 Å². The third-order valence-corrected chi connectivity index (χ3v) is 3.54. The summed E-state index contributed by atoms with van der Waals surface area (Å²) < 4.78 is 19.6. The highest BCUT2D eigenvalue weighted by Crippen LogP contribution is 2.29. The second kappa shape index (κ2) is 7.41. The number of nitrogens with one attached hydrogen (secondary N) is 1. The van der Waals surface area contributed by atoms with E-state index in [2.05, 4.69) is 5.43 Å². The predicted molar refractivity (Wildman–Crippen MR) is 82.8 cm³/mol. The lowest BCUT2D eigenvalue weighted by atomic mass is 9.98. The second-order valence-electron chi connectivity index (χ2n) is 4.61. The quantitative estimate of drug-likeness (QED) is 0.633. The molecule has 0 aromatic heterocycles. The summed E-state index contributed by atoms with van der Waals surface area (Å²) in [5.74, 6) is 5.98. The lowest BCUT2D eigenvalue weighted by Crippen LogP contribution is -2.30. The van der Waals surface area contributed by atoms with Gasteiger partial charge in [0.25, 0.3) is 0 Å². The molecular formula is C16H18ClFN2O. The number of hydrogen-bond donors (Lipinski definition) is 2. The highest BCUT2D eigenvalue weighted by Gasteiger charge is 2.18. The van der Waals surface area contributed by atoms with E-state index in [-0.39, 0.29) is 11.1 Å². The molecule has 5 heteroatoms. The molecule has 0 aliphatic rings. The van der Waals surface area contributed by atoms with E-state index >= 15 is 0 Å². The average molecular weight is 309 g/mol. The molecule has 0 radical (unpaired) electrons. The molecule has 3 N–H and O–H groups in total. The molecule has 2 rings (SSSR count). The second-order valence-corrected chi connectivity index (χ2v) is 5.01. The molecule has 0 bridgehead atoms. The van der Waals surface area contributed by atoms with Gasteiger partial charge >= 0.3 is 0 Å². The Hall–Kier alpha value is -1.62. The van der Waals surface area contributed by atoms with Crippen LogP contribution < -0.4 is 16.0 Å². The van der Waals surface area contributed by atoms with Gasteiger partial charge < -0.3 is 4.74 Å². The molecule has 3 nitrogen and oxygen atoms in total. The number of hydrogen-bond acceptors (Lipinski definition) is 3. The van der Waals surface area contributed by atoms with Crippen molar-refractivity contribution in [2.24, 2.45) is 5.84 Å². The zero-order valence-electron chi connectivity index (χ0n) is 11.8. The van der Waals surface area contributed by atoms with Crippen molar-refractivity contribution >= 4 is 11.6 Å². The van der Waals surface area contributed by atoms with Gasteiger partial charge in [-0.2, -0.15) is 0 Å². The Labute approximate surface area is 128 Å². The van der Waals surface area contributed by atoms with Crippen LogP contribution in [-0.2, 0) is 6.42 Å². The van der Waals surface area contributed by atoms with E-state index in [0.717, 1.165) is 11.3 Å². The standard InChI is InChI=1S/C16H18ClFN2O/c1-2-21-15-9-4-3-7-12(15)14(20-19)10-11-6-5-8-13(17)16(11)18/h3-9,14,20H,2,10,19H2,1H3. The largest absolute Gasteiger partial charge is 0.494 e. The van der Waals surface area contributed by atoms with Crippen LogP contribution in [0.3, 0.4) is 0 Å². The number of hydrazine groups is 1. The van der Waals surface area contributed by atoms with Gasteiger partial charge in [-0.05, 0) is 31.0 Å². The van der Waals surface area contributed by atoms with E-state index in [0.29, 0.717) is 18.6 Å². The molecule has 0 saturated carbocycles. The third-order valence-electron chi connectivity index (χ3n) is 3.25. The fourth-order valence-corrected chi connectivity index (χ4v) is 2.43. The molecule has 0 heterocycles. The normalized spacial score (nSPS) is 12.2. The molecule has 2 aromatic carbocycles. The smallest absolute Gasteiger partial charge is 0.145 e. The van der Waals surface area contributed by atoms with Gasteiger partial charge in [0.2, 0.25) is 0 Å². The molecule has 1 atom stereocenters. The summed E-state index contributed by atoms with van der Waals surface area (Å²) in [6, 6.07) is 12.3. The molecule has 112 valence electrons. The first-order valence-electron chi connectivity index (χ1n) is 6.78. The average Bonchev–Trinajstić information content (AvgIpc) is 2.50. The molecular weight excluding hydrogens is 291 g/mol. The van der Waals surface area contributed by atoms with Crippen molar-refractivity contribution in [3.63, 3.8) is 0 Å². The summed E-state index contributed by atoms with van der Waals surface area (Å²) in [7, 11) is 0. The molecule has 0 aliphatic carbocycles. The molecule has 2 aromatic rings. The zero-order chi connectivity index (χ0) is 15.2. The highest BCUT2D eigenvalue weighted by atomic mass is 35.5. The zero-order valence-corrected chi connectivity index (χ0v) is 12.5. The Morgan fingerprint density at radius 1 is 1.24 bits per heavy atom. The van der Waals surface area contributed by atoms with Crippen LogP contribution in [0.2, 0.25) is 5.02 Å². The number of nitrogens with two attached hydrogens (primary N) is 1. The summed E-state index contributed by atoms with van der Waals surface area (Å²) in [5, 5.41) is 0.112. The van der Waals surface area contributed by atoms with Crippen LogP contribution in [0.5, 0.6) is 5.75 Å². The summed E-state index contributed by atoms with van der Waals surface area (Å²) in [4.78, 5) is 0. The van der Waals surface area contributed by atoms with Crippen LogP contribution in [-0.4, -0.2) is 6.61 Å². The predicted octanol–water partition coefficient (Wildman–Crippen LogP) is 3.62. The molecule has 0 saturated heterocycles. The lowest BCUT2D eigenvalue weighted by molar-refractivity contribution is 0.331. The number of para-hydroxylation sites is 1. The van der Waals surface area contributed by atoms with Gasteiger partial charge in [-0.15, -0.1) is 0 Å². The number of rotatable bonds is 6.